The zero-order valence-corrected chi connectivity index (χ0v) is 28.1. The van der Waals surface area contributed by atoms with Crippen LogP contribution in [0.3, 0.4) is 0 Å². The third-order valence-corrected chi connectivity index (χ3v) is 12.0. The number of hydrogen-bond acceptors (Lipinski definition) is 3. The van der Waals surface area contributed by atoms with Crippen LogP contribution in [-0.2, 0) is 0 Å². The summed E-state index contributed by atoms with van der Waals surface area (Å²) in [5.74, 6) is 0. The summed E-state index contributed by atoms with van der Waals surface area (Å²) >= 11 is 3.73. The van der Waals surface area contributed by atoms with E-state index in [1.54, 1.807) is 0 Å². The number of hydrogen-bond donors (Lipinski definition) is 0. The molecule has 0 aliphatic rings. The lowest BCUT2D eigenvalue weighted by Crippen LogP contribution is -2.11. The first-order valence-corrected chi connectivity index (χ1v) is 18.2. The molecule has 10 rings (SSSR count). The molecule has 2 heterocycles. The second kappa shape index (κ2) is 11.5. The van der Waals surface area contributed by atoms with Gasteiger partial charge in [-0.1, -0.05) is 121 Å². The maximum absolute atomic E-state index is 2.44. The van der Waals surface area contributed by atoms with E-state index in [0.717, 1.165) is 17.1 Å². The highest BCUT2D eigenvalue weighted by molar-refractivity contribution is 7.26. The number of thiophene rings is 2. The Balaban J connectivity index is 1.13. The third kappa shape index (κ3) is 4.74. The van der Waals surface area contributed by atoms with Gasteiger partial charge >= 0.3 is 0 Å². The van der Waals surface area contributed by atoms with Crippen molar-refractivity contribution in [2.75, 3.05) is 4.90 Å². The Kier molecular flexibility index (Phi) is 6.61. The van der Waals surface area contributed by atoms with Gasteiger partial charge in [0.15, 0.2) is 0 Å². The molecular formula is C46H29NS2. The summed E-state index contributed by atoms with van der Waals surface area (Å²) in [4.78, 5) is 2.44. The molecule has 8 aromatic carbocycles. The summed E-state index contributed by atoms with van der Waals surface area (Å²) in [7, 11) is 0. The lowest BCUT2D eigenvalue weighted by Gasteiger charge is -2.29. The summed E-state index contributed by atoms with van der Waals surface area (Å²) in [5, 5.41) is 7.73. The quantitative estimate of drug-likeness (QED) is 0.178. The Morgan fingerprint density at radius 3 is 1.73 bits per heavy atom. The van der Waals surface area contributed by atoms with Gasteiger partial charge in [-0.2, -0.15) is 0 Å². The zero-order valence-electron chi connectivity index (χ0n) is 26.5. The lowest BCUT2D eigenvalue weighted by molar-refractivity contribution is 1.30. The second-order valence-corrected chi connectivity index (χ2v) is 14.7. The smallest absolute Gasteiger partial charge is 0.0540 e. The van der Waals surface area contributed by atoms with E-state index < -0.39 is 0 Å². The molecule has 0 radical (unpaired) electrons. The number of fused-ring (bicyclic) bond motifs is 7. The molecule has 0 bridgehead atoms. The van der Waals surface area contributed by atoms with E-state index in [1.165, 1.54) is 73.4 Å². The summed E-state index contributed by atoms with van der Waals surface area (Å²) in [6, 6.07) is 64.5. The first kappa shape index (κ1) is 28.3. The largest absolute Gasteiger partial charge is 0.309 e. The van der Waals surface area contributed by atoms with Crippen LogP contribution < -0.4 is 4.90 Å². The Labute approximate surface area is 292 Å². The molecule has 0 saturated heterocycles. The monoisotopic (exact) mass is 659 g/mol. The van der Waals surface area contributed by atoms with Gasteiger partial charge in [0.1, 0.15) is 0 Å². The SMILES string of the molecule is c1ccc(N(c2ccc(-c3ccc4c(c3)sc3ccccc34)cc2)c2cccc3ccccc23)c(-c2ccc3sc4ccccc4c3c2)c1. The minimum atomic E-state index is 1.12. The first-order chi connectivity index (χ1) is 24.3. The van der Waals surface area contributed by atoms with Crippen molar-refractivity contribution in [3.63, 3.8) is 0 Å². The van der Waals surface area contributed by atoms with Crippen LogP contribution in [0.25, 0.3) is 73.4 Å². The van der Waals surface area contributed by atoms with Crippen LogP contribution in [-0.4, -0.2) is 0 Å². The fraction of sp³-hybridized carbons (Fsp3) is 0. The number of nitrogens with zero attached hydrogens (tertiary/aromatic N) is 1. The van der Waals surface area contributed by atoms with E-state index in [-0.39, 0.29) is 0 Å². The van der Waals surface area contributed by atoms with Gasteiger partial charge in [0, 0.05) is 57.0 Å². The van der Waals surface area contributed by atoms with Crippen LogP contribution in [0.15, 0.2) is 176 Å². The molecule has 0 fully saturated rings. The van der Waals surface area contributed by atoms with E-state index >= 15 is 0 Å². The average Bonchev–Trinajstić information content (AvgIpc) is 3.73. The maximum Gasteiger partial charge on any atom is 0.0540 e. The van der Waals surface area contributed by atoms with E-state index in [0.29, 0.717) is 0 Å². The standard InChI is InChI=1S/C46H29NS2/c1-2-12-35-31(10-1)11-9-17-42(35)47(34-24-20-30(21-25-34)32-22-26-39-37-14-4-7-18-43(37)49-46(39)29-32)41-16-6-3-13-36(41)33-23-27-45-40(28-33)38-15-5-8-19-44(38)48-45/h1-29H. The van der Waals surface area contributed by atoms with Crippen LogP contribution in [0.1, 0.15) is 0 Å². The summed E-state index contributed by atoms with van der Waals surface area (Å²) in [6.45, 7) is 0. The molecule has 0 N–H and O–H groups in total. The second-order valence-electron chi connectivity index (χ2n) is 12.5. The molecule has 2 aromatic heterocycles. The van der Waals surface area contributed by atoms with Crippen molar-refractivity contribution in [2.45, 2.75) is 0 Å². The fourth-order valence-electron chi connectivity index (χ4n) is 7.33. The van der Waals surface area contributed by atoms with Gasteiger partial charge in [-0.3, -0.25) is 0 Å². The first-order valence-electron chi connectivity index (χ1n) is 16.6. The van der Waals surface area contributed by atoms with Gasteiger partial charge in [-0.15, -0.1) is 22.7 Å². The highest BCUT2D eigenvalue weighted by Crippen LogP contribution is 2.45. The molecular weight excluding hydrogens is 631 g/mol. The zero-order chi connectivity index (χ0) is 32.3. The van der Waals surface area contributed by atoms with E-state index in [4.69, 9.17) is 0 Å². The minimum absolute atomic E-state index is 1.12. The molecule has 0 atom stereocenters. The molecule has 230 valence electrons. The van der Waals surface area contributed by atoms with Crippen molar-refractivity contribution < 1.29 is 0 Å². The molecule has 1 nitrogen and oxygen atoms in total. The number of anilines is 3. The molecule has 10 aromatic rings. The Morgan fingerprint density at radius 2 is 0.898 bits per heavy atom. The molecule has 0 spiro atoms. The topological polar surface area (TPSA) is 3.24 Å². The average molecular weight is 660 g/mol. The van der Waals surface area contributed by atoms with Crippen LogP contribution in [0.2, 0.25) is 0 Å². The normalized spacial score (nSPS) is 11.7. The van der Waals surface area contributed by atoms with Gasteiger partial charge in [0.2, 0.25) is 0 Å². The summed E-state index contributed by atoms with van der Waals surface area (Å²) < 4.78 is 5.30. The Bertz CT molecular complexity index is 2830. The molecule has 0 aliphatic carbocycles. The van der Waals surface area contributed by atoms with E-state index in [9.17, 15) is 0 Å². The summed E-state index contributed by atoms with van der Waals surface area (Å²) in [5.41, 5.74) is 8.29. The predicted molar refractivity (Wildman–Crippen MR) is 215 cm³/mol. The van der Waals surface area contributed by atoms with Crippen molar-refractivity contribution in [1.29, 1.82) is 0 Å². The van der Waals surface area contributed by atoms with Gasteiger partial charge < -0.3 is 4.90 Å². The van der Waals surface area contributed by atoms with Crippen LogP contribution in [0.4, 0.5) is 17.1 Å². The van der Waals surface area contributed by atoms with Gasteiger partial charge in [-0.05, 0) is 76.7 Å². The molecule has 0 saturated carbocycles. The van der Waals surface area contributed by atoms with Crippen LogP contribution in [0.5, 0.6) is 0 Å². The van der Waals surface area contributed by atoms with Crippen molar-refractivity contribution in [2.24, 2.45) is 0 Å². The van der Waals surface area contributed by atoms with Crippen molar-refractivity contribution in [3.8, 4) is 22.3 Å². The Morgan fingerprint density at radius 1 is 0.327 bits per heavy atom. The number of benzene rings is 8. The molecule has 3 heteroatoms. The molecule has 49 heavy (non-hydrogen) atoms. The predicted octanol–water partition coefficient (Wildman–Crippen LogP) is 14.4. The van der Waals surface area contributed by atoms with Crippen molar-refractivity contribution in [1.82, 2.24) is 0 Å². The van der Waals surface area contributed by atoms with Gasteiger partial charge in [-0.25, -0.2) is 0 Å². The Hall–Kier alpha value is -5.74. The molecule has 0 unspecified atom stereocenters. The number of para-hydroxylation sites is 1. The van der Waals surface area contributed by atoms with E-state index in [1.807, 2.05) is 22.7 Å². The molecule has 0 aliphatic heterocycles. The highest BCUT2D eigenvalue weighted by Gasteiger charge is 2.20. The van der Waals surface area contributed by atoms with Crippen molar-refractivity contribution >= 4 is 90.9 Å². The van der Waals surface area contributed by atoms with Gasteiger partial charge in [0.05, 0.1) is 11.4 Å². The van der Waals surface area contributed by atoms with Crippen LogP contribution in [0, 0.1) is 0 Å². The fourth-order valence-corrected chi connectivity index (χ4v) is 9.56. The maximum atomic E-state index is 2.44. The van der Waals surface area contributed by atoms with E-state index in [2.05, 4.69) is 181 Å². The number of rotatable bonds is 5. The third-order valence-electron chi connectivity index (χ3n) is 9.68. The summed E-state index contributed by atoms with van der Waals surface area (Å²) in [6.07, 6.45) is 0. The molecule has 0 amide bonds. The van der Waals surface area contributed by atoms with Gasteiger partial charge in [0.25, 0.3) is 0 Å². The minimum Gasteiger partial charge on any atom is -0.309 e. The van der Waals surface area contributed by atoms with Crippen LogP contribution >= 0.6 is 22.7 Å². The van der Waals surface area contributed by atoms with Crippen molar-refractivity contribution in [3.05, 3.63) is 176 Å². The highest BCUT2D eigenvalue weighted by atomic mass is 32.1. The lowest BCUT2D eigenvalue weighted by atomic mass is 9.98.